The van der Waals surface area contributed by atoms with Crippen LogP contribution in [0.3, 0.4) is 0 Å². The molecule has 1 aliphatic heterocycles. The van der Waals surface area contributed by atoms with E-state index in [2.05, 4.69) is 39.2 Å². The van der Waals surface area contributed by atoms with Gasteiger partial charge in [0, 0.05) is 30.7 Å². The van der Waals surface area contributed by atoms with Crippen LogP contribution < -0.4 is 5.32 Å². The summed E-state index contributed by atoms with van der Waals surface area (Å²) in [6.07, 6.45) is 1.27. The lowest BCUT2D eigenvalue weighted by Crippen LogP contribution is -2.48. The fraction of sp³-hybridized carbons (Fsp3) is 0.500. The topological polar surface area (TPSA) is 66.5 Å². The quantitative estimate of drug-likeness (QED) is 0.670. The van der Waals surface area contributed by atoms with Gasteiger partial charge in [-0.25, -0.2) is 0 Å². The Hall–Kier alpha value is -2.08. The highest BCUT2D eigenvalue weighted by molar-refractivity contribution is 6.30. The summed E-state index contributed by atoms with van der Waals surface area (Å²) >= 11 is 5.91. The Labute approximate surface area is 153 Å². The number of benzene rings is 1. The average Bonchev–Trinajstić information content (AvgIpc) is 3.04. The van der Waals surface area contributed by atoms with E-state index in [-0.39, 0.29) is 0 Å². The summed E-state index contributed by atoms with van der Waals surface area (Å²) in [5, 5.41) is 8.05. The van der Waals surface area contributed by atoms with E-state index in [1.165, 1.54) is 6.42 Å². The van der Waals surface area contributed by atoms with Crippen LogP contribution in [-0.2, 0) is 6.54 Å². The summed E-state index contributed by atoms with van der Waals surface area (Å²) in [4.78, 5) is 11.1. The second-order valence-electron chi connectivity index (χ2n) is 6.77. The highest BCUT2D eigenvalue weighted by Gasteiger charge is 2.24. The van der Waals surface area contributed by atoms with E-state index >= 15 is 0 Å². The maximum atomic E-state index is 5.91. The van der Waals surface area contributed by atoms with E-state index in [1.54, 1.807) is 7.05 Å². The van der Waals surface area contributed by atoms with Crippen molar-refractivity contribution in [2.24, 2.45) is 16.8 Å². The predicted molar refractivity (Wildman–Crippen MR) is 99.5 cm³/mol. The summed E-state index contributed by atoms with van der Waals surface area (Å²) in [5.74, 6) is 3.31. The van der Waals surface area contributed by atoms with Gasteiger partial charge in [-0.1, -0.05) is 30.6 Å². The number of aromatic nitrogens is 2. The molecule has 1 fully saturated rings. The minimum atomic E-state index is 0.451. The van der Waals surface area contributed by atoms with E-state index in [0.29, 0.717) is 35.1 Å². The van der Waals surface area contributed by atoms with Crippen LogP contribution in [0.2, 0.25) is 5.02 Å². The molecule has 6 nitrogen and oxygen atoms in total. The zero-order valence-electron chi connectivity index (χ0n) is 14.9. The van der Waals surface area contributed by atoms with Crippen LogP contribution in [0, 0.1) is 11.8 Å². The number of rotatable bonds is 3. The average molecular weight is 362 g/mol. The van der Waals surface area contributed by atoms with Gasteiger partial charge in [-0.05, 0) is 42.5 Å². The molecule has 2 unspecified atom stereocenters. The van der Waals surface area contributed by atoms with Gasteiger partial charge in [-0.2, -0.15) is 4.98 Å². The standard InChI is InChI=1S/C18H24ClN5O/c1-12-8-13(2)11-24(10-12)18(20-3)21-9-16-22-17(23-25-16)14-4-6-15(19)7-5-14/h4-7,12-13H,8-11H2,1-3H3,(H,20,21). The van der Waals surface area contributed by atoms with Crippen LogP contribution in [-0.4, -0.2) is 41.1 Å². The molecule has 0 radical (unpaired) electrons. The number of nitrogens with zero attached hydrogens (tertiary/aromatic N) is 4. The van der Waals surface area contributed by atoms with Crippen LogP contribution in [0.1, 0.15) is 26.2 Å². The maximum Gasteiger partial charge on any atom is 0.246 e. The molecule has 25 heavy (non-hydrogen) atoms. The minimum absolute atomic E-state index is 0.451. The fourth-order valence-corrected chi connectivity index (χ4v) is 3.49. The van der Waals surface area contributed by atoms with Crippen LogP contribution >= 0.6 is 11.6 Å². The first-order valence-corrected chi connectivity index (χ1v) is 8.97. The highest BCUT2D eigenvalue weighted by atomic mass is 35.5. The number of halogens is 1. The second-order valence-corrected chi connectivity index (χ2v) is 7.21. The molecule has 7 heteroatoms. The van der Waals surface area contributed by atoms with Gasteiger partial charge in [0.15, 0.2) is 5.96 Å². The van der Waals surface area contributed by atoms with E-state index in [1.807, 2.05) is 24.3 Å². The molecule has 0 saturated carbocycles. The van der Waals surface area contributed by atoms with Gasteiger partial charge in [0.05, 0.1) is 6.54 Å². The summed E-state index contributed by atoms with van der Waals surface area (Å²) in [6, 6.07) is 7.37. The zero-order chi connectivity index (χ0) is 17.8. The fourth-order valence-electron chi connectivity index (χ4n) is 3.37. The smallest absolute Gasteiger partial charge is 0.246 e. The summed E-state index contributed by atoms with van der Waals surface area (Å²) in [6.45, 7) is 7.05. The number of likely N-dealkylation sites (tertiary alicyclic amines) is 1. The van der Waals surface area contributed by atoms with Crippen molar-refractivity contribution in [3.8, 4) is 11.4 Å². The third-order valence-electron chi connectivity index (χ3n) is 4.35. The molecular formula is C18H24ClN5O. The molecule has 1 aromatic carbocycles. The van der Waals surface area contributed by atoms with Gasteiger partial charge in [-0.3, -0.25) is 4.99 Å². The monoisotopic (exact) mass is 361 g/mol. The van der Waals surface area contributed by atoms with Crippen molar-refractivity contribution in [1.29, 1.82) is 0 Å². The van der Waals surface area contributed by atoms with Gasteiger partial charge in [0.25, 0.3) is 0 Å². The van der Waals surface area contributed by atoms with Gasteiger partial charge in [0.1, 0.15) is 0 Å². The van der Waals surface area contributed by atoms with E-state index in [9.17, 15) is 0 Å². The zero-order valence-corrected chi connectivity index (χ0v) is 15.6. The molecule has 1 saturated heterocycles. The first-order valence-electron chi connectivity index (χ1n) is 8.59. The molecule has 0 amide bonds. The van der Waals surface area contributed by atoms with Crippen molar-refractivity contribution in [2.45, 2.75) is 26.8 Å². The summed E-state index contributed by atoms with van der Waals surface area (Å²) in [7, 11) is 1.80. The molecule has 1 aromatic heterocycles. The van der Waals surface area contributed by atoms with Crippen LogP contribution in [0.15, 0.2) is 33.8 Å². The first kappa shape index (κ1) is 17.7. The molecule has 0 aliphatic carbocycles. The third kappa shape index (κ3) is 4.51. The van der Waals surface area contributed by atoms with Gasteiger partial charge in [-0.15, -0.1) is 0 Å². The molecule has 0 spiro atoms. The molecule has 134 valence electrons. The Morgan fingerprint density at radius 3 is 2.60 bits per heavy atom. The molecule has 1 aliphatic rings. The molecule has 2 heterocycles. The number of hydrogen-bond donors (Lipinski definition) is 1. The van der Waals surface area contributed by atoms with Crippen LogP contribution in [0.4, 0.5) is 0 Å². The van der Waals surface area contributed by atoms with Crippen molar-refractivity contribution in [2.75, 3.05) is 20.1 Å². The molecule has 0 bridgehead atoms. The third-order valence-corrected chi connectivity index (χ3v) is 4.60. The number of guanidine groups is 1. The Morgan fingerprint density at radius 1 is 1.28 bits per heavy atom. The maximum absolute atomic E-state index is 5.91. The normalized spacial score (nSPS) is 21.4. The van der Waals surface area contributed by atoms with Crippen molar-refractivity contribution in [1.82, 2.24) is 20.4 Å². The van der Waals surface area contributed by atoms with Crippen LogP contribution in [0.5, 0.6) is 0 Å². The number of aliphatic imine (C=N–C) groups is 1. The highest BCUT2D eigenvalue weighted by Crippen LogP contribution is 2.21. The molecular weight excluding hydrogens is 338 g/mol. The Kier molecular flexibility index (Phi) is 5.58. The summed E-state index contributed by atoms with van der Waals surface area (Å²) in [5.41, 5.74) is 0.877. The van der Waals surface area contributed by atoms with Crippen molar-refractivity contribution < 1.29 is 4.52 Å². The lowest BCUT2D eigenvalue weighted by molar-refractivity contribution is 0.208. The molecule has 3 rings (SSSR count). The SMILES string of the molecule is CN=C(NCc1nc(-c2ccc(Cl)cc2)no1)N1CC(C)CC(C)C1. The minimum Gasteiger partial charge on any atom is -0.347 e. The van der Waals surface area contributed by atoms with Crippen molar-refractivity contribution in [3.05, 3.63) is 35.2 Å². The van der Waals surface area contributed by atoms with Gasteiger partial charge >= 0.3 is 0 Å². The lowest BCUT2D eigenvalue weighted by Gasteiger charge is -2.36. The molecule has 2 aromatic rings. The van der Waals surface area contributed by atoms with Crippen molar-refractivity contribution in [3.63, 3.8) is 0 Å². The Balaban J connectivity index is 1.62. The number of piperidine rings is 1. The largest absolute Gasteiger partial charge is 0.347 e. The second kappa shape index (κ2) is 7.87. The number of nitrogens with one attached hydrogen (secondary N) is 1. The van der Waals surface area contributed by atoms with Gasteiger partial charge < -0.3 is 14.7 Å². The summed E-state index contributed by atoms with van der Waals surface area (Å²) < 4.78 is 5.34. The van der Waals surface area contributed by atoms with Crippen molar-refractivity contribution >= 4 is 17.6 Å². The molecule has 2 atom stereocenters. The lowest BCUT2D eigenvalue weighted by atomic mass is 9.92. The number of hydrogen-bond acceptors (Lipinski definition) is 4. The van der Waals surface area contributed by atoms with Crippen LogP contribution in [0.25, 0.3) is 11.4 Å². The molecule has 1 N–H and O–H groups in total. The Morgan fingerprint density at radius 2 is 1.96 bits per heavy atom. The predicted octanol–water partition coefficient (Wildman–Crippen LogP) is 3.44. The van der Waals surface area contributed by atoms with Gasteiger partial charge in [0.2, 0.25) is 11.7 Å². The Bertz CT molecular complexity index is 717. The first-order chi connectivity index (χ1) is 12.0. The van der Waals surface area contributed by atoms with E-state index in [4.69, 9.17) is 16.1 Å². The van der Waals surface area contributed by atoms with E-state index in [0.717, 1.165) is 24.6 Å². The van der Waals surface area contributed by atoms with E-state index < -0.39 is 0 Å².